The first kappa shape index (κ1) is 10.5. The van der Waals surface area contributed by atoms with Gasteiger partial charge in [-0.3, -0.25) is 4.57 Å². The standard InChI is InChI=1S/C6H14ClO2P/c1-3-5-6(7)10(8,9)4-2/h6H,3-5H2,1-2H3,(H,8,9). The molecular formula is C6H14ClO2P. The lowest BCUT2D eigenvalue weighted by atomic mass is 10.4. The van der Waals surface area contributed by atoms with Crippen molar-refractivity contribution < 1.29 is 9.46 Å². The molecule has 1 N–H and O–H groups in total. The van der Waals surface area contributed by atoms with E-state index in [0.717, 1.165) is 6.42 Å². The molecule has 0 saturated carbocycles. The zero-order valence-electron chi connectivity index (χ0n) is 6.38. The van der Waals surface area contributed by atoms with E-state index in [4.69, 9.17) is 16.5 Å². The summed E-state index contributed by atoms with van der Waals surface area (Å²) in [6, 6.07) is 0. The lowest BCUT2D eigenvalue weighted by Gasteiger charge is -2.13. The fourth-order valence-electron chi connectivity index (χ4n) is 0.638. The van der Waals surface area contributed by atoms with Gasteiger partial charge in [0.2, 0.25) is 7.37 Å². The van der Waals surface area contributed by atoms with E-state index < -0.39 is 12.5 Å². The third-order valence-electron chi connectivity index (χ3n) is 1.42. The van der Waals surface area contributed by atoms with Gasteiger partial charge in [0.25, 0.3) is 0 Å². The Morgan fingerprint density at radius 2 is 2.10 bits per heavy atom. The molecule has 0 aromatic rings. The molecule has 2 unspecified atom stereocenters. The first-order valence-electron chi connectivity index (χ1n) is 3.50. The highest BCUT2D eigenvalue weighted by atomic mass is 35.5. The summed E-state index contributed by atoms with van der Waals surface area (Å²) in [4.78, 5) is 9.15. The Hall–Kier alpha value is 0.480. The van der Waals surface area contributed by atoms with Crippen LogP contribution in [0.2, 0.25) is 0 Å². The van der Waals surface area contributed by atoms with E-state index in [1.54, 1.807) is 6.92 Å². The minimum absolute atomic E-state index is 0.279. The molecule has 4 heteroatoms. The van der Waals surface area contributed by atoms with Gasteiger partial charge in [0.05, 0.1) is 0 Å². The van der Waals surface area contributed by atoms with Gasteiger partial charge >= 0.3 is 0 Å². The smallest absolute Gasteiger partial charge is 0.217 e. The van der Waals surface area contributed by atoms with E-state index >= 15 is 0 Å². The van der Waals surface area contributed by atoms with Gasteiger partial charge in [-0.05, 0) is 6.42 Å². The quantitative estimate of drug-likeness (QED) is 0.539. The molecule has 0 heterocycles. The van der Waals surface area contributed by atoms with Gasteiger partial charge in [-0.1, -0.05) is 20.3 Å². The van der Waals surface area contributed by atoms with Crippen LogP contribution in [-0.4, -0.2) is 16.2 Å². The van der Waals surface area contributed by atoms with Crippen LogP contribution in [0.15, 0.2) is 0 Å². The lowest BCUT2D eigenvalue weighted by Crippen LogP contribution is -2.00. The summed E-state index contributed by atoms with van der Waals surface area (Å²) in [6.07, 6.45) is 1.77. The van der Waals surface area contributed by atoms with E-state index in [1.807, 2.05) is 6.92 Å². The number of hydrogen-bond acceptors (Lipinski definition) is 1. The van der Waals surface area contributed by atoms with Gasteiger partial charge in [-0.25, -0.2) is 0 Å². The molecule has 0 saturated heterocycles. The van der Waals surface area contributed by atoms with Crippen molar-refractivity contribution in [2.75, 3.05) is 6.16 Å². The molecule has 0 amide bonds. The second-order valence-electron chi connectivity index (χ2n) is 2.29. The molecule has 10 heavy (non-hydrogen) atoms. The highest BCUT2D eigenvalue weighted by Crippen LogP contribution is 2.49. The first-order chi connectivity index (χ1) is 4.54. The summed E-state index contributed by atoms with van der Waals surface area (Å²) in [5.74, 6) is 0. The molecular weight excluding hydrogens is 170 g/mol. The van der Waals surface area contributed by atoms with Gasteiger partial charge < -0.3 is 4.89 Å². The van der Waals surface area contributed by atoms with Crippen molar-refractivity contribution in [2.24, 2.45) is 0 Å². The zero-order chi connectivity index (χ0) is 8.20. The van der Waals surface area contributed by atoms with E-state index in [0.29, 0.717) is 6.42 Å². The highest BCUT2D eigenvalue weighted by molar-refractivity contribution is 7.60. The van der Waals surface area contributed by atoms with Crippen LogP contribution in [0.4, 0.5) is 0 Å². The highest BCUT2D eigenvalue weighted by Gasteiger charge is 2.25. The Bertz CT molecular complexity index is 138. The largest absolute Gasteiger partial charge is 0.343 e. The number of halogens is 1. The predicted octanol–water partition coefficient (Wildman–Crippen LogP) is 2.64. The number of hydrogen-bond donors (Lipinski definition) is 1. The van der Waals surface area contributed by atoms with Crippen molar-refractivity contribution in [3.8, 4) is 0 Å². The average Bonchev–Trinajstić information content (AvgIpc) is 1.89. The second-order valence-corrected chi connectivity index (χ2v) is 5.89. The van der Waals surface area contributed by atoms with E-state index in [-0.39, 0.29) is 6.16 Å². The summed E-state index contributed by atoms with van der Waals surface area (Å²) in [5.41, 5.74) is 0. The maximum absolute atomic E-state index is 11.1. The first-order valence-corrected chi connectivity index (χ1v) is 5.85. The van der Waals surface area contributed by atoms with Gasteiger partial charge in [0, 0.05) is 6.16 Å². The molecule has 62 valence electrons. The molecule has 0 bridgehead atoms. The summed E-state index contributed by atoms with van der Waals surface area (Å²) in [6.45, 7) is 3.64. The third-order valence-corrected chi connectivity index (χ3v) is 4.59. The fourth-order valence-corrected chi connectivity index (χ4v) is 2.33. The molecule has 0 fully saturated rings. The molecule has 2 atom stereocenters. The van der Waals surface area contributed by atoms with E-state index in [9.17, 15) is 4.57 Å². The molecule has 0 aliphatic heterocycles. The molecule has 0 radical (unpaired) electrons. The maximum atomic E-state index is 11.1. The van der Waals surface area contributed by atoms with Crippen LogP contribution in [0.1, 0.15) is 26.7 Å². The summed E-state index contributed by atoms with van der Waals surface area (Å²) in [7, 11) is -3.02. The van der Waals surface area contributed by atoms with E-state index in [1.165, 1.54) is 0 Å². The second kappa shape index (κ2) is 4.38. The van der Waals surface area contributed by atoms with Crippen molar-refractivity contribution in [3.05, 3.63) is 0 Å². The van der Waals surface area contributed by atoms with Gasteiger partial charge in [-0.2, -0.15) is 0 Å². The Labute approximate surface area is 67.0 Å². The Kier molecular flexibility index (Phi) is 4.59. The third kappa shape index (κ3) is 3.05. The van der Waals surface area contributed by atoms with Gasteiger partial charge in [-0.15, -0.1) is 11.6 Å². The molecule has 0 aromatic heterocycles. The molecule has 0 aliphatic rings. The van der Waals surface area contributed by atoms with E-state index in [2.05, 4.69) is 0 Å². The van der Waals surface area contributed by atoms with Crippen LogP contribution in [0.25, 0.3) is 0 Å². The lowest BCUT2D eigenvalue weighted by molar-refractivity contribution is 0.472. The van der Waals surface area contributed by atoms with Crippen molar-refractivity contribution in [1.29, 1.82) is 0 Å². The van der Waals surface area contributed by atoms with Crippen molar-refractivity contribution in [2.45, 2.75) is 31.8 Å². The van der Waals surface area contributed by atoms with Gasteiger partial charge in [0.1, 0.15) is 5.12 Å². The van der Waals surface area contributed by atoms with Crippen LogP contribution in [0.3, 0.4) is 0 Å². The topological polar surface area (TPSA) is 37.3 Å². The average molecular weight is 185 g/mol. The van der Waals surface area contributed by atoms with Gasteiger partial charge in [0.15, 0.2) is 0 Å². The monoisotopic (exact) mass is 184 g/mol. The minimum Gasteiger partial charge on any atom is -0.343 e. The normalized spacial score (nSPS) is 20.0. The maximum Gasteiger partial charge on any atom is 0.217 e. The molecule has 0 aromatic carbocycles. The van der Waals surface area contributed by atoms with Crippen LogP contribution >= 0.6 is 19.0 Å². The Balaban J connectivity index is 3.91. The van der Waals surface area contributed by atoms with Crippen molar-refractivity contribution >= 4 is 19.0 Å². The van der Waals surface area contributed by atoms with Crippen LogP contribution < -0.4 is 0 Å². The molecule has 2 nitrogen and oxygen atoms in total. The van der Waals surface area contributed by atoms with Crippen molar-refractivity contribution in [1.82, 2.24) is 0 Å². The number of rotatable bonds is 4. The van der Waals surface area contributed by atoms with Crippen molar-refractivity contribution in [3.63, 3.8) is 0 Å². The summed E-state index contributed by atoms with van der Waals surface area (Å²) < 4.78 is 11.1. The van der Waals surface area contributed by atoms with Crippen LogP contribution in [0.5, 0.6) is 0 Å². The predicted molar refractivity (Wildman–Crippen MR) is 44.9 cm³/mol. The van der Waals surface area contributed by atoms with Crippen LogP contribution in [-0.2, 0) is 4.57 Å². The fraction of sp³-hybridized carbons (Fsp3) is 1.00. The molecule has 0 aliphatic carbocycles. The summed E-state index contributed by atoms with van der Waals surface area (Å²) >= 11 is 5.66. The SMILES string of the molecule is CCCC(Cl)P(=O)(O)CC. The Morgan fingerprint density at radius 3 is 2.40 bits per heavy atom. The van der Waals surface area contributed by atoms with Crippen LogP contribution in [0, 0.1) is 0 Å². The Morgan fingerprint density at radius 1 is 1.60 bits per heavy atom. The molecule has 0 rings (SSSR count). The number of alkyl halides is 1. The zero-order valence-corrected chi connectivity index (χ0v) is 8.03. The minimum atomic E-state index is -3.02. The summed E-state index contributed by atoms with van der Waals surface area (Å²) in [5, 5.41) is -0.539. The molecule has 0 spiro atoms.